The van der Waals surface area contributed by atoms with Crippen LogP contribution in [0.4, 0.5) is 0 Å². The summed E-state index contributed by atoms with van der Waals surface area (Å²) in [6.07, 6.45) is 1.81. The van der Waals surface area contributed by atoms with Gasteiger partial charge in [0.2, 0.25) is 5.91 Å². The molecule has 2 fully saturated rings. The average molecular weight is 316 g/mol. The van der Waals surface area contributed by atoms with E-state index in [0.29, 0.717) is 64.4 Å². The molecule has 2 heterocycles. The van der Waals surface area contributed by atoms with Crippen molar-refractivity contribution in [1.82, 2.24) is 9.80 Å². The van der Waals surface area contributed by atoms with E-state index in [1.54, 1.807) is 0 Å². The molecule has 1 aromatic carbocycles. The molecule has 2 aliphatic heterocycles. The van der Waals surface area contributed by atoms with Crippen LogP contribution in [-0.4, -0.2) is 66.9 Å². The number of carbonyl (C=O) groups is 2. The maximum absolute atomic E-state index is 13.0. The number of benzene rings is 1. The molecule has 23 heavy (non-hydrogen) atoms. The fraction of sp³-hybridized carbons (Fsp3) is 0.556. The number of hydrogen-bond donors (Lipinski definition) is 0. The van der Waals surface area contributed by atoms with Gasteiger partial charge in [0.05, 0.1) is 19.3 Å². The maximum atomic E-state index is 13.0. The molecule has 5 nitrogen and oxygen atoms in total. The van der Waals surface area contributed by atoms with Gasteiger partial charge < -0.3 is 9.64 Å². The van der Waals surface area contributed by atoms with Gasteiger partial charge in [0.25, 0.3) is 0 Å². The van der Waals surface area contributed by atoms with Crippen LogP contribution in [0.5, 0.6) is 0 Å². The standard InChI is InChI=1S/C18H24N2O3/c21-16-6-8-19(9-7-16)17(14-15-4-2-1-3-5-15)18(22)20-10-12-23-13-11-20/h1-5,17H,6-14H2. The van der Waals surface area contributed by atoms with Gasteiger partial charge in [-0.05, 0) is 12.0 Å². The first-order chi connectivity index (χ1) is 11.2. The van der Waals surface area contributed by atoms with Gasteiger partial charge in [-0.15, -0.1) is 0 Å². The Kier molecular flexibility index (Phi) is 5.41. The molecule has 5 heteroatoms. The Morgan fingerprint density at radius 1 is 1.04 bits per heavy atom. The Morgan fingerprint density at radius 2 is 1.70 bits per heavy atom. The number of carbonyl (C=O) groups excluding carboxylic acids is 2. The van der Waals surface area contributed by atoms with Gasteiger partial charge in [-0.3, -0.25) is 14.5 Å². The zero-order valence-electron chi connectivity index (χ0n) is 13.4. The van der Waals surface area contributed by atoms with E-state index < -0.39 is 0 Å². The van der Waals surface area contributed by atoms with Gasteiger partial charge in [0.15, 0.2) is 0 Å². The second-order valence-electron chi connectivity index (χ2n) is 6.22. The summed E-state index contributed by atoms with van der Waals surface area (Å²) in [5, 5.41) is 0. The van der Waals surface area contributed by atoms with E-state index in [0.717, 1.165) is 5.56 Å². The minimum absolute atomic E-state index is 0.173. The summed E-state index contributed by atoms with van der Waals surface area (Å²) in [5.41, 5.74) is 1.16. The highest BCUT2D eigenvalue weighted by molar-refractivity contribution is 5.83. The third-order valence-corrected chi connectivity index (χ3v) is 4.68. The normalized spacial score (nSPS) is 21.2. The van der Waals surface area contributed by atoms with Crippen molar-refractivity contribution in [3.63, 3.8) is 0 Å². The molecule has 0 radical (unpaired) electrons. The van der Waals surface area contributed by atoms with Gasteiger partial charge in [-0.2, -0.15) is 0 Å². The fourth-order valence-corrected chi connectivity index (χ4v) is 3.29. The topological polar surface area (TPSA) is 49.9 Å². The number of ketones is 1. The summed E-state index contributed by atoms with van der Waals surface area (Å²) in [6.45, 7) is 3.93. The van der Waals surface area contributed by atoms with Crippen LogP contribution in [0.2, 0.25) is 0 Å². The van der Waals surface area contributed by atoms with Crippen LogP contribution < -0.4 is 0 Å². The summed E-state index contributed by atoms with van der Waals surface area (Å²) in [5.74, 6) is 0.477. The van der Waals surface area contributed by atoms with E-state index >= 15 is 0 Å². The molecule has 1 aromatic rings. The SMILES string of the molecule is O=C1CCN(C(Cc2ccccc2)C(=O)N2CCOCC2)CC1. The van der Waals surface area contributed by atoms with Crippen molar-refractivity contribution in [2.24, 2.45) is 0 Å². The summed E-state index contributed by atoms with van der Waals surface area (Å²) >= 11 is 0. The summed E-state index contributed by atoms with van der Waals surface area (Å²) in [6, 6.07) is 9.95. The molecule has 0 N–H and O–H groups in total. The molecule has 1 atom stereocenters. The monoisotopic (exact) mass is 316 g/mol. The van der Waals surface area contributed by atoms with Crippen molar-refractivity contribution in [1.29, 1.82) is 0 Å². The van der Waals surface area contributed by atoms with Crippen LogP contribution in [0.25, 0.3) is 0 Å². The van der Waals surface area contributed by atoms with Crippen molar-refractivity contribution >= 4 is 11.7 Å². The van der Waals surface area contributed by atoms with Crippen LogP contribution in [0.15, 0.2) is 30.3 Å². The molecule has 0 aromatic heterocycles. The molecular weight excluding hydrogens is 292 g/mol. The zero-order chi connectivity index (χ0) is 16.1. The van der Waals surface area contributed by atoms with Crippen LogP contribution in [0.1, 0.15) is 18.4 Å². The van der Waals surface area contributed by atoms with E-state index in [9.17, 15) is 9.59 Å². The minimum atomic E-state index is -0.177. The first-order valence-corrected chi connectivity index (χ1v) is 8.40. The summed E-state index contributed by atoms with van der Waals surface area (Å²) in [4.78, 5) is 28.6. The Bertz CT molecular complexity index is 530. The van der Waals surface area contributed by atoms with Crippen molar-refractivity contribution in [2.75, 3.05) is 39.4 Å². The van der Waals surface area contributed by atoms with Crippen LogP contribution in [0, 0.1) is 0 Å². The number of piperidine rings is 1. The second kappa shape index (κ2) is 7.70. The maximum Gasteiger partial charge on any atom is 0.240 e. The predicted octanol–water partition coefficient (Wildman–Crippen LogP) is 1.12. The van der Waals surface area contributed by atoms with E-state index in [2.05, 4.69) is 17.0 Å². The lowest BCUT2D eigenvalue weighted by Crippen LogP contribution is -2.54. The molecule has 2 saturated heterocycles. The highest BCUT2D eigenvalue weighted by Crippen LogP contribution is 2.17. The first-order valence-electron chi connectivity index (χ1n) is 8.40. The van der Waals surface area contributed by atoms with Crippen molar-refractivity contribution in [3.8, 4) is 0 Å². The lowest BCUT2D eigenvalue weighted by molar-refractivity contribution is -0.142. The number of nitrogens with zero attached hydrogens (tertiary/aromatic N) is 2. The molecule has 0 saturated carbocycles. The average Bonchev–Trinajstić information content (AvgIpc) is 2.62. The number of rotatable bonds is 4. The number of likely N-dealkylation sites (tertiary alicyclic amines) is 1. The molecule has 0 bridgehead atoms. The van der Waals surface area contributed by atoms with E-state index in [1.165, 1.54) is 0 Å². The Balaban J connectivity index is 1.74. The van der Waals surface area contributed by atoms with Gasteiger partial charge in [-0.1, -0.05) is 30.3 Å². The number of Topliss-reactive ketones (excluding diaryl/α,β-unsaturated/α-hetero) is 1. The van der Waals surface area contributed by atoms with Gasteiger partial charge in [0, 0.05) is 39.0 Å². The smallest absolute Gasteiger partial charge is 0.240 e. The fourth-order valence-electron chi connectivity index (χ4n) is 3.29. The first kappa shape index (κ1) is 16.1. The summed E-state index contributed by atoms with van der Waals surface area (Å²) in [7, 11) is 0. The quantitative estimate of drug-likeness (QED) is 0.835. The highest BCUT2D eigenvalue weighted by Gasteiger charge is 2.32. The summed E-state index contributed by atoms with van der Waals surface area (Å²) < 4.78 is 5.36. The highest BCUT2D eigenvalue weighted by atomic mass is 16.5. The third kappa shape index (κ3) is 4.18. The number of hydrogen-bond acceptors (Lipinski definition) is 4. The number of amides is 1. The molecule has 0 spiro atoms. The van der Waals surface area contributed by atoms with Gasteiger partial charge in [0.1, 0.15) is 5.78 Å². The number of morpholine rings is 1. The van der Waals surface area contributed by atoms with Gasteiger partial charge in [-0.25, -0.2) is 0 Å². The van der Waals surface area contributed by atoms with Crippen LogP contribution in [0.3, 0.4) is 0 Å². The van der Waals surface area contributed by atoms with Crippen molar-refractivity contribution in [2.45, 2.75) is 25.3 Å². The third-order valence-electron chi connectivity index (χ3n) is 4.68. The Labute approximate surface area is 137 Å². The molecule has 0 aliphatic carbocycles. The number of ether oxygens (including phenoxy) is 1. The molecule has 1 amide bonds. The minimum Gasteiger partial charge on any atom is -0.378 e. The molecule has 3 rings (SSSR count). The molecule has 2 aliphatic rings. The van der Waals surface area contributed by atoms with E-state index in [1.807, 2.05) is 23.1 Å². The molecule has 1 unspecified atom stereocenters. The Hall–Kier alpha value is -1.72. The van der Waals surface area contributed by atoms with Crippen molar-refractivity contribution < 1.29 is 14.3 Å². The van der Waals surface area contributed by atoms with E-state index in [4.69, 9.17) is 4.74 Å². The largest absolute Gasteiger partial charge is 0.378 e. The Morgan fingerprint density at radius 3 is 2.35 bits per heavy atom. The van der Waals surface area contributed by atoms with Crippen molar-refractivity contribution in [3.05, 3.63) is 35.9 Å². The molecular formula is C18H24N2O3. The second-order valence-corrected chi connectivity index (χ2v) is 6.22. The van der Waals surface area contributed by atoms with E-state index in [-0.39, 0.29) is 11.9 Å². The lowest BCUT2D eigenvalue weighted by Gasteiger charge is -2.37. The zero-order valence-corrected chi connectivity index (χ0v) is 13.4. The van der Waals surface area contributed by atoms with Gasteiger partial charge >= 0.3 is 0 Å². The molecule has 124 valence electrons. The predicted molar refractivity (Wildman–Crippen MR) is 87.1 cm³/mol. The van der Waals surface area contributed by atoms with Crippen LogP contribution >= 0.6 is 0 Å². The lowest BCUT2D eigenvalue weighted by atomic mass is 10.00. The van der Waals surface area contributed by atoms with Crippen LogP contribution in [-0.2, 0) is 20.7 Å².